The number of carbonyl (C=O) groups excluding carboxylic acids is 1. The van der Waals surface area contributed by atoms with Gasteiger partial charge < -0.3 is 20.5 Å². The molecule has 2 atom stereocenters. The lowest BCUT2D eigenvalue weighted by Gasteiger charge is -2.13. The largest absolute Gasteiger partial charge is 0.493 e. The molecular weight excluding hydrogens is 232 g/mol. The van der Waals surface area contributed by atoms with E-state index in [4.69, 9.17) is 15.2 Å². The quantitative estimate of drug-likeness (QED) is 0.801. The zero-order valence-electron chi connectivity index (χ0n) is 10.0. The molecule has 0 bridgehead atoms. The molecule has 2 unspecified atom stereocenters. The summed E-state index contributed by atoms with van der Waals surface area (Å²) >= 11 is 0. The van der Waals surface area contributed by atoms with E-state index in [1.54, 1.807) is 0 Å². The summed E-state index contributed by atoms with van der Waals surface area (Å²) in [4.78, 5) is 12.0. The normalized spacial score (nSPS) is 25.6. The molecule has 0 aliphatic carbocycles. The van der Waals surface area contributed by atoms with Gasteiger partial charge in [0.1, 0.15) is 5.75 Å². The lowest BCUT2D eigenvalue weighted by molar-refractivity contribution is -0.120. The van der Waals surface area contributed by atoms with Gasteiger partial charge in [0.05, 0.1) is 25.7 Å². The van der Waals surface area contributed by atoms with Crippen LogP contribution < -0.4 is 15.8 Å². The summed E-state index contributed by atoms with van der Waals surface area (Å²) in [5.41, 5.74) is 7.75. The van der Waals surface area contributed by atoms with Crippen molar-refractivity contribution in [3.05, 3.63) is 23.8 Å². The van der Waals surface area contributed by atoms with Gasteiger partial charge in [-0.05, 0) is 23.8 Å². The number of nitrogens with two attached hydrogens (primary N) is 1. The van der Waals surface area contributed by atoms with Crippen LogP contribution in [0, 0.1) is 5.92 Å². The second-order valence-electron chi connectivity index (χ2n) is 4.72. The van der Waals surface area contributed by atoms with Gasteiger partial charge >= 0.3 is 0 Å². The Kier molecular flexibility index (Phi) is 2.93. The molecule has 0 radical (unpaired) electrons. The first-order valence-electron chi connectivity index (χ1n) is 6.14. The highest BCUT2D eigenvalue weighted by molar-refractivity contribution is 5.93. The molecule has 1 aromatic rings. The van der Waals surface area contributed by atoms with Gasteiger partial charge in [-0.15, -0.1) is 0 Å². The van der Waals surface area contributed by atoms with Crippen LogP contribution in [0.4, 0.5) is 5.69 Å². The third kappa shape index (κ3) is 2.07. The zero-order chi connectivity index (χ0) is 12.5. The number of nitrogens with one attached hydrogen (secondary N) is 1. The van der Waals surface area contributed by atoms with E-state index in [9.17, 15) is 4.79 Å². The van der Waals surface area contributed by atoms with E-state index in [0.717, 1.165) is 23.4 Å². The third-order valence-electron chi connectivity index (χ3n) is 3.42. The number of hydrogen-bond acceptors (Lipinski definition) is 4. The molecule has 5 heteroatoms. The van der Waals surface area contributed by atoms with Crippen molar-refractivity contribution in [2.45, 2.75) is 12.5 Å². The van der Waals surface area contributed by atoms with Gasteiger partial charge in [0.25, 0.3) is 0 Å². The maximum Gasteiger partial charge on any atom is 0.231 e. The van der Waals surface area contributed by atoms with E-state index in [1.165, 1.54) is 0 Å². The smallest absolute Gasteiger partial charge is 0.231 e. The molecule has 5 nitrogen and oxygen atoms in total. The topological polar surface area (TPSA) is 73.6 Å². The molecule has 2 heterocycles. The molecule has 96 valence electrons. The Morgan fingerprint density at radius 3 is 3.06 bits per heavy atom. The predicted octanol–water partition coefficient (Wildman–Crippen LogP) is 0.534. The van der Waals surface area contributed by atoms with Crippen LogP contribution in [0.2, 0.25) is 0 Å². The molecule has 3 rings (SSSR count). The van der Waals surface area contributed by atoms with Crippen LogP contribution in [-0.4, -0.2) is 31.8 Å². The maximum absolute atomic E-state index is 12.0. The Morgan fingerprint density at radius 1 is 1.39 bits per heavy atom. The minimum absolute atomic E-state index is 0.0705. The number of hydrogen-bond donors (Lipinski definition) is 2. The third-order valence-corrected chi connectivity index (χ3v) is 3.42. The van der Waals surface area contributed by atoms with E-state index < -0.39 is 0 Å². The number of fused-ring (bicyclic) bond motifs is 1. The van der Waals surface area contributed by atoms with Gasteiger partial charge in [0, 0.05) is 18.2 Å². The van der Waals surface area contributed by atoms with Crippen molar-refractivity contribution in [3.63, 3.8) is 0 Å². The van der Waals surface area contributed by atoms with Gasteiger partial charge in [-0.3, -0.25) is 4.79 Å². The van der Waals surface area contributed by atoms with E-state index in [0.29, 0.717) is 19.8 Å². The molecule has 1 saturated heterocycles. The molecule has 0 aromatic heterocycles. The van der Waals surface area contributed by atoms with Gasteiger partial charge in [-0.1, -0.05) is 0 Å². The van der Waals surface area contributed by atoms with Crippen molar-refractivity contribution in [3.8, 4) is 5.75 Å². The number of rotatable bonds is 2. The zero-order valence-corrected chi connectivity index (χ0v) is 10.0. The monoisotopic (exact) mass is 248 g/mol. The van der Waals surface area contributed by atoms with Crippen LogP contribution >= 0.6 is 0 Å². The summed E-state index contributed by atoms with van der Waals surface area (Å²) in [7, 11) is 0. The molecule has 18 heavy (non-hydrogen) atoms. The van der Waals surface area contributed by atoms with Gasteiger partial charge in [0.15, 0.2) is 0 Å². The van der Waals surface area contributed by atoms with E-state index in [2.05, 4.69) is 5.32 Å². The van der Waals surface area contributed by atoms with Crippen molar-refractivity contribution in [1.29, 1.82) is 0 Å². The molecule has 0 spiro atoms. The fourth-order valence-electron chi connectivity index (χ4n) is 2.34. The Labute approximate surface area is 105 Å². The molecule has 3 N–H and O–H groups in total. The van der Waals surface area contributed by atoms with E-state index in [1.807, 2.05) is 18.2 Å². The van der Waals surface area contributed by atoms with Crippen LogP contribution in [0.15, 0.2) is 18.2 Å². The highest BCUT2D eigenvalue weighted by Crippen LogP contribution is 2.28. The maximum atomic E-state index is 12.0. The summed E-state index contributed by atoms with van der Waals surface area (Å²) in [6, 6.07) is 5.50. The summed E-state index contributed by atoms with van der Waals surface area (Å²) < 4.78 is 10.6. The Hall–Kier alpha value is -1.59. The second-order valence-corrected chi connectivity index (χ2v) is 4.72. The number of amides is 1. The summed E-state index contributed by atoms with van der Waals surface area (Å²) in [5, 5.41) is 2.89. The Morgan fingerprint density at radius 2 is 2.28 bits per heavy atom. The van der Waals surface area contributed by atoms with Gasteiger partial charge in [-0.25, -0.2) is 0 Å². The summed E-state index contributed by atoms with van der Waals surface area (Å²) in [6.45, 7) is 1.57. The van der Waals surface area contributed by atoms with Gasteiger partial charge in [0.2, 0.25) is 5.91 Å². The fourth-order valence-corrected chi connectivity index (χ4v) is 2.34. The first-order valence-corrected chi connectivity index (χ1v) is 6.14. The molecule has 0 saturated carbocycles. The number of anilines is 1. The fraction of sp³-hybridized carbons (Fsp3) is 0.462. The second kappa shape index (κ2) is 4.59. The standard InChI is InChI=1S/C13H16N2O3/c14-11-7-17-6-10(11)13(16)15-9-1-2-12-8(5-9)3-4-18-12/h1-2,5,10-11H,3-4,6-7,14H2,(H,15,16). The first-order chi connectivity index (χ1) is 8.74. The first kappa shape index (κ1) is 11.5. The van der Waals surface area contributed by atoms with E-state index in [-0.39, 0.29) is 17.9 Å². The van der Waals surface area contributed by atoms with Crippen LogP contribution in [-0.2, 0) is 16.0 Å². The number of benzene rings is 1. The Balaban J connectivity index is 1.71. The van der Waals surface area contributed by atoms with Crippen LogP contribution in [0.1, 0.15) is 5.56 Å². The van der Waals surface area contributed by atoms with Crippen LogP contribution in [0.5, 0.6) is 5.75 Å². The minimum atomic E-state index is -0.255. The number of ether oxygens (including phenoxy) is 2. The van der Waals surface area contributed by atoms with Crippen LogP contribution in [0.3, 0.4) is 0 Å². The SMILES string of the molecule is NC1COCC1C(=O)Nc1ccc2c(c1)CCO2. The molecule has 1 fully saturated rings. The van der Waals surface area contributed by atoms with Gasteiger partial charge in [-0.2, -0.15) is 0 Å². The highest BCUT2D eigenvalue weighted by Gasteiger charge is 2.31. The lowest BCUT2D eigenvalue weighted by atomic mass is 10.0. The van der Waals surface area contributed by atoms with E-state index >= 15 is 0 Å². The van der Waals surface area contributed by atoms with Crippen molar-refractivity contribution in [1.82, 2.24) is 0 Å². The van der Waals surface area contributed by atoms with Crippen LogP contribution in [0.25, 0.3) is 0 Å². The molecule has 2 aliphatic rings. The summed E-state index contributed by atoms with van der Waals surface area (Å²) in [6.07, 6.45) is 0.894. The van der Waals surface area contributed by atoms with Crippen molar-refractivity contribution in [2.75, 3.05) is 25.1 Å². The molecular formula is C13H16N2O3. The van der Waals surface area contributed by atoms with Crippen molar-refractivity contribution < 1.29 is 14.3 Å². The highest BCUT2D eigenvalue weighted by atomic mass is 16.5. The summed E-state index contributed by atoms with van der Waals surface area (Å²) in [5.74, 6) is 0.585. The minimum Gasteiger partial charge on any atom is -0.493 e. The van der Waals surface area contributed by atoms with Crippen molar-refractivity contribution in [2.24, 2.45) is 11.7 Å². The molecule has 2 aliphatic heterocycles. The predicted molar refractivity (Wildman–Crippen MR) is 66.6 cm³/mol. The lowest BCUT2D eigenvalue weighted by Crippen LogP contribution is -2.37. The number of carbonyl (C=O) groups is 1. The average Bonchev–Trinajstić information content (AvgIpc) is 2.96. The molecule has 1 aromatic carbocycles. The molecule has 1 amide bonds. The van der Waals surface area contributed by atoms with Crippen molar-refractivity contribution >= 4 is 11.6 Å². The Bertz CT molecular complexity index is 475. The average molecular weight is 248 g/mol.